The number of halogens is 2. The van der Waals surface area contributed by atoms with E-state index in [-0.39, 0.29) is 17.7 Å². The zero-order chi connectivity index (χ0) is 13.1. The molecule has 1 unspecified atom stereocenters. The molecule has 1 N–H and O–H groups in total. The molecule has 18 heavy (non-hydrogen) atoms. The average molecular weight is 256 g/mol. The first-order valence-electron chi connectivity index (χ1n) is 5.65. The SMILES string of the molecule is CNC1CCN(c2ccc(OC(F)F)cc2)C1=O. The van der Waals surface area contributed by atoms with Crippen molar-refractivity contribution in [1.29, 1.82) is 0 Å². The number of carbonyl (C=O) groups excluding carboxylic acids is 1. The fourth-order valence-electron chi connectivity index (χ4n) is 2.01. The van der Waals surface area contributed by atoms with Gasteiger partial charge in [-0.2, -0.15) is 8.78 Å². The molecule has 1 amide bonds. The number of anilines is 1. The molecule has 6 heteroatoms. The summed E-state index contributed by atoms with van der Waals surface area (Å²) in [5, 5.41) is 2.94. The van der Waals surface area contributed by atoms with E-state index in [9.17, 15) is 13.6 Å². The Bertz CT molecular complexity index is 423. The van der Waals surface area contributed by atoms with E-state index in [1.165, 1.54) is 12.1 Å². The highest BCUT2D eigenvalue weighted by atomic mass is 19.3. The standard InChI is InChI=1S/C12H14F2N2O2/c1-15-10-6-7-16(11(10)17)8-2-4-9(5-3-8)18-12(13)14/h2-5,10,12,15H,6-7H2,1H3. The summed E-state index contributed by atoms with van der Waals surface area (Å²) in [6, 6.07) is 5.91. The molecule has 1 aliphatic rings. The number of benzene rings is 1. The smallest absolute Gasteiger partial charge is 0.387 e. The number of carbonyl (C=O) groups is 1. The molecule has 1 aromatic rings. The quantitative estimate of drug-likeness (QED) is 0.890. The van der Waals surface area contributed by atoms with Gasteiger partial charge >= 0.3 is 6.61 Å². The molecule has 0 aromatic heterocycles. The third kappa shape index (κ3) is 2.59. The normalized spacial score (nSPS) is 19.7. The Kier molecular flexibility index (Phi) is 3.76. The minimum atomic E-state index is -2.84. The summed E-state index contributed by atoms with van der Waals surface area (Å²) < 4.78 is 28.2. The van der Waals surface area contributed by atoms with Crippen LogP contribution in [-0.4, -0.2) is 32.2 Å². The molecular weight excluding hydrogens is 242 g/mol. The maximum atomic E-state index is 12.0. The van der Waals surface area contributed by atoms with E-state index in [0.29, 0.717) is 12.2 Å². The summed E-state index contributed by atoms with van der Waals surface area (Å²) in [5.41, 5.74) is 0.694. The minimum Gasteiger partial charge on any atom is -0.435 e. The molecule has 98 valence electrons. The molecule has 0 bridgehead atoms. The molecule has 1 heterocycles. The maximum Gasteiger partial charge on any atom is 0.387 e. The Morgan fingerprint density at radius 1 is 1.39 bits per heavy atom. The van der Waals surface area contributed by atoms with Gasteiger partial charge in [-0.05, 0) is 37.7 Å². The topological polar surface area (TPSA) is 41.6 Å². The average Bonchev–Trinajstić information content (AvgIpc) is 2.71. The first-order chi connectivity index (χ1) is 8.61. The van der Waals surface area contributed by atoms with E-state index in [1.807, 2.05) is 0 Å². The van der Waals surface area contributed by atoms with Crippen LogP contribution < -0.4 is 15.0 Å². The number of hydrogen-bond acceptors (Lipinski definition) is 3. The van der Waals surface area contributed by atoms with Crippen LogP contribution in [0.25, 0.3) is 0 Å². The van der Waals surface area contributed by atoms with Crippen molar-refractivity contribution >= 4 is 11.6 Å². The molecule has 1 aromatic carbocycles. The van der Waals surface area contributed by atoms with E-state index in [2.05, 4.69) is 10.1 Å². The molecule has 1 aliphatic heterocycles. The fourth-order valence-corrected chi connectivity index (χ4v) is 2.01. The van der Waals surface area contributed by atoms with E-state index in [4.69, 9.17) is 0 Å². The van der Waals surface area contributed by atoms with Crippen LogP contribution in [0.1, 0.15) is 6.42 Å². The van der Waals surface area contributed by atoms with Crippen LogP contribution in [0.2, 0.25) is 0 Å². The maximum absolute atomic E-state index is 12.0. The van der Waals surface area contributed by atoms with Crippen molar-refractivity contribution in [1.82, 2.24) is 5.32 Å². The number of amides is 1. The molecule has 1 fully saturated rings. The van der Waals surface area contributed by atoms with Gasteiger partial charge < -0.3 is 15.0 Å². The number of nitrogens with zero attached hydrogens (tertiary/aromatic N) is 1. The second-order valence-corrected chi connectivity index (χ2v) is 3.99. The van der Waals surface area contributed by atoms with Crippen molar-refractivity contribution in [2.45, 2.75) is 19.1 Å². The predicted molar refractivity (Wildman–Crippen MR) is 62.9 cm³/mol. The van der Waals surface area contributed by atoms with Gasteiger partial charge in [-0.15, -0.1) is 0 Å². The van der Waals surface area contributed by atoms with E-state index in [0.717, 1.165) is 6.42 Å². The Labute approximate surface area is 104 Å². The lowest BCUT2D eigenvalue weighted by atomic mass is 10.2. The van der Waals surface area contributed by atoms with Crippen molar-refractivity contribution in [2.24, 2.45) is 0 Å². The molecule has 4 nitrogen and oxygen atoms in total. The monoisotopic (exact) mass is 256 g/mol. The summed E-state index contributed by atoms with van der Waals surface area (Å²) in [7, 11) is 1.74. The van der Waals surface area contributed by atoms with Crippen LogP contribution in [0.15, 0.2) is 24.3 Å². The molecule has 2 rings (SSSR count). The van der Waals surface area contributed by atoms with Gasteiger partial charge in [-0.25, -0.2) is 0 Å². The lowest BCUT2D eigenvalue weighted by Crippen LogP contribution is -2.36. The van der Waals surface area contributed by atoms with Crippen molar-refractivity contribution in [2.75, 3.05) is 18.5 Å². The number of hydrogen-bond donors (Lipinski definition) is 1. The molecule has 1 atom stereocenters. The molecule has 1 saturated heterocycles. The Hall–Kier alpha value is -1.69. The van der Waals surface area contributed by atoms with Gasteiger partial charge in [0.1, 0.15) is 5.75 Å². The lowest BCUT2D eigenvalue weighted by Gasteiger charge is -2.17. The number of rotatable bonds is 4. The summed E-state index contributed by atoms with van der Waals surface area (Å²) in [6.07, 6.45) is 0.741. The number of ether oxygens (including phenoxy) is 1. The van der Waals surface area contributed by atoms with Crippen molar-refractivity contribution in [3.05, 3.63) is 24.3 Å². The van der Waals surface area contributed by atoms with Crippen molar-refractivity contribution in [3.63, 3.8) is 0 Å². The van der Waals surface area contributed by atoms with Crippen LogP contribution in [0.3, 0.4) is 0 Å². The zero-order valence-electron chi connectivity index (χ0n) is 9.90. The largest absolute Gasteiger partial charge is 0.435 e. The molecular formula is C12H14F2N2O2. The van der Waals surface area contributed by atoms with Gasteiger partial charge in [0.2, 0.25) is 5.91 Å². The highest BCUT2D eigenvalue weighted by molar-refractivity contribution is 5.99. The molecule has 0 saturated carbocycles. The van der Waals surface area contributed by atoms with Gasteiger partial charge in [0.05, 0.1) is 6.04 Å². The van der Waals surface area contributed by atoms with Gasteiger partial charge in [0.25, 0.3) is 0 Å². The summed E-state index contributed by atoms with van der Waals surface area (Å²) >= 11 is 0. The van der Waals surface area contributed by atoms with E-state index >= 15 is 0 Å². The van der Waals surface area contributed by atoms with Gasteiger partial charge in [0.15, 0.2) is 0 Å². The molecule has 0 spiro atoms. The van der Waals surface area contributed by atoms with E-state index in [1.54, 1.807) is 24.1 Å². The van der Waals surface area contributed by atoms with Crippen molar-refractivity contribution in [3.8, 4) is 5.75 Å². The fraction of sp³-hybridized carbons (Fsp3) is 0.417. The Morgan fingerprint density at radius 2 is 2.06 bits per heavy atom. The molecule has 0 radical (unpaired) electrons. The van der Waals surface area contributed by atoms with Crippen LogP contribution in [-0.2, 0) is 4.79 Å². The van der Waals surface area contributed by atoms with Gasteiger partial charge in [0, 0.05) is 12.2 Å². The first-order valence-corrected chi connectivity index (χ1v) is 5.65. The van der Waals surface area contributed by atoms with E-state index < -0.39 is 6.61 Å². The summed E-state index contributed by atoms with van der Waals surface area (Å²) in [6.45, 7) is -2.21. The highest BCUT2D eigenvalue weighted by Gasteiger charge is 2.31. The first kappa shape index (κ1) is 12.8. The van der Waals surface area contributed by atoms with Crippen molar-refractivity contribution < 1.29 is 18.3 Å². The van der Waals surface area contributed by atoms with Gasteiger partial charge in [-0.1, -0.05) is 0 Å². The third-order valence-corrected chi connectivity index (χ3v) is 2.93. The predicted octanol–water partition coefficient (Wildman–Crippen LogP) is 1.61. The summed E-state index contributed by atoms with van der Waals surface area (Å²) in [5.74, 6) is 0.0885. The second-order valence-electron chi connectivity index (χ2n) is 3.99. The Morgan fingerprint density at radius 3 is 2.56 bits per heavy atom. The number of alkyl halides is 2. The highest BCUT2D eigenvalue weighted by Crippen LogP contribution is 2.24. The van der Waals surface area contributed by atoms with Crippen LogP contribution in [0.4, 0.5) is 14.5 Å². The van der Waals surface area contributed by atoms with Crippen LogP contribution in [0.5, 0.6) is 5.75 Å². The third-order valence-electron chi connectivity index (χ3n) is 2.93. The Balaban J connectivity index is 2.08. The number of likely N-dealkylation sites (N-methyl/N-ethyl adjacent to an activating group) is 1. The van der Waals surface area contributed by atoms with Crippen LogP contribution in [0, 0.1) is 0 Å². The zero-order valence-corrected chi connectivity index (χ0v) is 9.90. The minimum absolute atomic E-state index is 0.0000259. The number of nitrogens with one attached hydrogen (secondary N) is 1. The van der Waals surface area contributed by atoms with Gasteiger partial charge in [-0.3, -0.25) is 4.79 Å². The lowest BCUT2D eigenvalue weighted by molar-refractivity contribution is -0.118. The second kappa shape index (κ2) is 5.30. The molecule has 0 aliphatic carbocycles. The van der Waals surface area contributed by atoms with Crippen LogP contribution >= 0.6 is 0 Å². The summed E-state index contributed by atoms with van der Waals surface area (Å²) in [4.78, 5) is 13.5.